The molecule has 1 heterocycles. The summed E-state index contributed by atoms with van der Waals surface area (Å²) in [6.07, 6.45) is 0. The fourth-order valence-electron chi connectivity index (χ4n) is 0.559. The van der Waals surface area contributed by atoms with Crippen LogP contribution in [0.4, 0.5) is 4.39 Å². The number of hydrogen-bond donors (Lipinski definition) is 0. The molecule has 0 aliphatic heterocycles. The molecule has 0 unspecified atom stereocenters. The van der Waals surface area contributed by atoms with Crippen LogP contribution in [-0.2, 0) is 0 Å². The molecule has 0 spiro atoms. The van der Waals surface area contributed by atoms with Gasteiger partial charge in [0.2, 0.25) is 5.95 Å². The van der Waals surface area contributed by atoms with Crippen LogP contribution in [0.15, 0.2) is 12.1 Å². The van der Waals surface area contributed by atoms with Crippen molar-refractivity contribution in [3.05, 3.63) is 28.8 Å². The molecule has 0 atom stereocenters. The summed E-state index contributed by atoms with van der Waals surface area (Å²) in [5.41, 5.74) is 0.00901. The van der Waals surface area contributed by atoms with Gasteiger partial charge in [-0.15, -0.1) is 0 Å². The molecule has 0 bridgehead atoms. The third-order valence-corrected chi connectivity index (χ3v) is 1.52. The highest BCUT2D eigenvalue weighted by atomic mass is 35.5. The molecule has 0 fully saturated rings. The Bertz CT molecular complexity index is 303. The van der Waals surface area contributed by atoms with E-state index in [9.17, 15) is 9.18 Å². The molecule has 0 aromatic carbocycles. The molecule has 1 rings (SSSR count). The van der Waals surface area contributed by atoms with Gasteiger partial charge in [0.1, 0.15) is 5.15 Å². The van der Waals surface area contributed by atoms with Crippen LogP contribution in [0, 0.1) is 5.95 Å². The lowest BCUT2D eigenvalue weighted by atomic mass is 10.3. The van der Waals surface area contributed by atoms with Gasteiger partial charge in [-0.25, -0.2) is 4.98 Å². The molecule has 11 heavy (non-hydrogen) atoms. The summed E-state index contributed by atoms with van der Waals surface area (Å²) < 4.78 is 12.3. The van der Waals surface area contributed by atoms with E-state index in [0.29, 0.717) is 0 Å². The second kappa shape index (κ2) is 3.15. The maximum Gasteiger partial charge on any atom is 0.255 e. The molecule has 0 radical (unpaired) electrons. The SMILES string of the molecule is O=C(Cl)c1ccc(F)nc1Cl. The number of carbonyl (C=O) groups is 1. The van der Waals surface area contributed by atoms with Crippen molar-refractivity contribution in [1.29, 1.82) is 0 Å². The smallest absolute Gasteiger partial charge is 0.255 e. The lowest BCUT2D eigenvalue weighted by molar-refractivity contribution is 0.108. The molecule has 0 aliphatic rings. The zero-order valence-corrected chi connectivity index (χ0v) is 6.66. The third-order valence-electron chi connectivity index (χ3n) is 1.03. The summed E-state index contributed by atoms with van der Waals surface area (Å²) in [6.45, 7) is 0. The van der Waals surface area contributed by atoms with E-state index in [-0.39, 0.29) is 10.7 Å². The standard InChI is InChI=1S/C6H2Cl2FNO/c7-5-3(6(8)11)1-2-4(9)10-5/h1-2H. The molecule has 0 amide bonds. The van der Waals surface area contributed by atoms with Crippen LogP contribution < -0.4 is 0 Å². The van der Waals surface area contributed by atoms with Gasteiger partial charge in [0.05, 0.1) is 5.56 Å². The van der Waals surface area contributed by atoms with E-state index in [0.717, 1.165) is 6.07 Å². The normalized spacial score (nSPS) is 9.73. The molecule has 2 nitrogen and oxygen atoms in total. The second-order valence-electron chi connectivity index (χ2n) is 1.75. The van der Waals surface area contributed by atoms with E-state index in [2.05, 4.69) is 4.98 Å². The first-order valence-electron chi connectivity index (χ1n) is 2.63. The first kappa shape index (κ1) is 8.43. The van der Waals surface area contributed by atoms with Gasteiger partial charge in [-0.2, -0.15) is 4.39 Å². The van der Waals surface area contributed by atoms with Crippen molar-refractivity contribution >= 4 is 28.4 Å². The van der Waals surface area contributed by atoms with Crippen molar-refractivity contribution in [2.45, 2.75) is 0 Å². The van der Waals surface area contributed by atoms with Gasteiger partial charge < -0.3 is 0 Å². The van der Waals surface area contributed by atoms with E-state index in [1.165, 1.54) is 6.07 Å². The first-order chi connectivity index (χ1) is 5.11. The molecule has 1 aromatic rings. The van der Waals surface area contributed by atoms with Gasteiger partial charge in [0.25, 0.3) is 5.24 Å². The molecule has 0 N–H and O–H groups in total. The molecule has 0 saturated heterocycles. The largest absolute Gasteiger partial charge is 0.275 e. The number of hydrogen-bond acceptors (Lipinski definition) is 2. The molecule has 0 saturated carbocycles. The van der Waals surface area contributed by atoms with Gasteiger partial charge in [-0.05, 0) is 23.7 Å². The summed E-state index contributed by atoms with van der Waals surface area (Å²) in [4.78, 5) is 13.7. The fourth-order valence-corrected chi connectivity index (χ4v) is 0.989. The van der Waals surface area contributed by atoms with Crippen LogP contribution in [-0.4, -0.2) is 10.2 Å². The number of nitrogens with zero attached hydrogens (tertiary/aromatic N) is 1. The van der Waals surface area contributed by atoms with Crippen LogP contribution in [0.25, 0.3) is 0 Å². The van der Waals surface area contributed by atoms with Gasteiger partial charge in [0, 0.05) is 0 Å². The van der Waals surface area contributed by atoms with Crippen molar-refractivity contribution in [2.24, 2.45) is 0 Å². The van der Waals surface area contributed by atoms with Crippen LogP contribution in [0.3, 0.4) is 0 Å². The Morgan fingerprint density at radius 2 is 2.18 bits per heavy atom. The highest BCUT2D eigenvalue weighted by molar-refractivity contribution is 6.68. The Morgan fingerprint density at radius 1 is 1.55 bits per heavy atom. The van der Waals surface area contributed by atoms with Gasteiger partial charge in [-0.1, -0.05) is 11.6 Å². The van der Waals surface area contributed by atoms with Crippen LogP contribution >= 0.6 is 23.2 Å². The summed E-state index contributed by atoms with van der Waals surface area (Å²) in [6, 6.07) is 2.20. The van der Waals surface area contributed by atoms with Crippen molar-refractivity contribution in [2.75, 3.05) is 0 Å². The lowest BCUT2D eigenvalue weighted by Gasteiger charge is -1.94. The van der Waals surface area contributed by atoms with Crippen molar-refractivity contribution < 1.29 is 9.18 Å². The highest BCUT2D eigenvalue weighted by Gasteiger charge is 2.08. The predicted octanol–water partition coefficient (Wildman–Crippen LogP) is 2.25. The van der Waals surface area contributed by atoms with Gasteiger partial charge in [-0.3, -0.25) is 4.79 Å². The monoisotopic (exact) mass is 193 g/mol. The zero-order valence-electron chi connectivity index (χ0n) is 5.14. The van der Waals surface area contributed by atoms with E-state index in [1.54, 1.807) is 0 Å². The van der Waals surface area contributed by atoms with Gasteiger partial charge >= 0.3 is 0 Å². The predicted molar refractivity (Wildman–Crippen MR) is 39.4 cm³/mol. The summed E-state index contributed by atoms with van der Waals surface area (Å²) in [7, 11) is 0. The summed E-state index contributed by atoms with van der Waals surface area (Å²) in [5.74, 6) is -0.739. The number of carbonyl (C=O) groups excluding carboxylic acids is 1. The van der Waals surface area contributed by atoms with Gasteiger partial charge in [0.15, 0.2) is 0 Å². The Hall–Kier alpha value is -0.670. The first-order valence-corrected chi connectivity index (χ1v) is 3.38. The van der Waals surface area contributed by atoms with Crippen LogP contribution in [0.1, 0.15) is 10.4 Å². The minimum atomic E-state index is -0.748. The number of aromatic nitrogens is 1. The van der Waals surface area contributed by atoms with E-state index in [1.807, 2.05) is 0 Å². The van der Waals surface area contributed by atoms with Crippen molar-refractivity contribution in [1.82, 2.24) is 4.98 Å². The minimum Gasteiger partial charge on any atom is -0.275 e. The quantitative estimate of drug-likeness (QED) is 0.506. The van der Waals surface area contributed by atoms with Crippen LogP contribution in [0.2, 0.25) is 5.15 Å². The van der Waals surface area contributed by atoms with E-state index >= 15 is 0 Å². The second-order valence-corrected chi connectivity index (χ2v) is 2.45. The zero-order chi connectivity index (χ0) is 8.43. The number of halogens is 3. The molecular formula is C6H2Cl2FNO. The van der Waals surface area contributed by atoms with Crippen molar-refractivity contribution in [3.8, 4) is 0 Å². The molecule has 0 aliphatic carbocycles. The van der Waals surface area contributed by atoms with E-state index < -0.39 is 11.2 Å². The maximum atomic E-state index is 12.3. The average Bonchev–Trinajstić information content (AvgIpc) is 1.85. The van der Waals surface area contributed by atoms with Crippen LogP contribution in [0.5, 0.6) is 0 Å². The van der Waals surface area contributed by atoms with Crippen molar-refractivity contribution in [3.63, 3.8) is 0 Å². The Labute approximate surface area is 71.9 Å². The highest BCUT2D eigenvalue weighted by Crippen LogP contribution is 2.14. The molecular weight excluding hydrogens is 192 g/mol. The Morgan fingerprint density at radius 3 is 2.64 bits per heavy atom. The fraction of sp³-hybridized carbons (Fsp3) is 0. The topological polar surface area (TPSA) is 30.0 Å². The molecule has 58 valence electrons. The average molecular weight is 194 g/mol. The third kappa shape index (κ3) is 1.88. The lowest BCUT2D eigenvalue weighted by Crippen LogP contribution is -1.94. The Balaban J connectivity index is 3.20. The maximum absolute atomic E-state index is 12.3. The summed E-state index contributed by atoms with van der Waals surface area (Å²) in [5, 5.41) is -0.965. The minimum absolute atomic E-state index is 0.00901. The summed E-state index contributed by atoms with van der Waals surface area (Å²) >= 11 is 10.4. The molecule has 5 heteroatoms. The Kier molecular flexibility index (Phi) is 2.42. The number of rotatable bonds is 1. The molecule has 1 aromatic heterocycles. The number of pyridine rings is 1. The van der Waals surface area contributed by atoms with E-state index in [4.69, 9.17) is 23.2 Å².